The van der Waals surface area contributed by atoms with Crippen LogP contribution in [0.25, 0.3) is 0 Å². The van der Waals surface area contributed by atoms with Gasteiger partial charge in [-0.05, 0) is 74.5 Å². The van der Waals surface area contributed by atoms with Crippen molar-refractivity contribution in [1.82, 2.24) is 10.2 Å². The van der Waals surface area contributed by atoms with E-state index in [1.807, 2.05) is 0 Å². The molecule has 5 nitrogen and oxygen atoms in total. The first kappa shape index (κ1) is 19.9. The molecular formula is C21H22F3N3O2S. The molecule has 4 aliphatic rings. The Bertz CT molecular complexity index is 924. The number of amides is 1. The van der Waals surface area contributed by atoms with Crippen molar-refractivity contribution in [3.63, 3.8) is 0 Å². The summed E-state index contributed by atoms with van der Waals surface area (Å²) in [6.07, 6.45) is 2.86. The zero-order valence-electron chi connectivity index (χ0n) is 16.2. The van der Waals surface area contributed by atoms with Crippen LogP contribution in [0.3, 0.4) is 0 Å². The molecule has 0 atom stereocenters. The van der Waals surface area contributed by atoms with Crippen LogP contribution in [-0.2, 0) is 16.4 Å². The third kappa shape index (κ3) is 3.84. The number of nitrogens with one attached hydrogen (secondary N) is 1. The van der Waals surface area contributed by atoms with E-state index >= 15 is 0 Å². The summed E-state index contributed by atoms with van der Waals surface area (Å²) in [4.78, 5) is 12.2. The minimum Gasteiger partial charge on any atom is -0.415 e. The summed E-state index contributed by atoms with van der Waals surface area (Å²) >= 11 is 1.11. The lowest BCUT2D eigenvalue weighted by Gasteiger charge is -2.55. The molecule has 1 aromatic heterocycles. The van der Waals surface area contributed by atoms with Gasteiger partial charge < -0.3 is 9.73 Å². The number of carbonyl (C=O) groups is 1. The number of hydrogen-bond donors (Lipinski definition) is 1. The van der Waals surface area contributed by atoms with Crippen molar-refractivity contribution in [2.45, 2.75) is 55.3 Å². The average molecular weight is 437 g/mol. The number of aromatic nitrogens is 2. The predicted molar refractivity (Wildman–Crippen MR) is 105 cm³/mol. The number of alkyl halides is 3. The Hall–Kier alpha value is -2.03. The first-order valence-electron chi connectivity index (χ1n) is 10.2. The van der Waals surface area contributed by atoms with Gasteiger partial charge in [-0.15, -0.1) is 10.2 Å². The number of anilines is 1. The monoisotopic (exact) mass is 437 g/mol. The third-order valence-corrected chi connectivity index (χ3v) is 7.52. The molecule has 1 amide bonds. The first-order chi connectivity index (χ1) is 14.3. The van der Waals surface area contributed by atoms with Gasteiger partial charge in [-0.2, -0.15) is 13.2 Å². The Balaban J connectivity index is 1.20. The fourth-order valence-corrected chi connectivity index (χ4v) is 6.52. The Labute approximate surface area is 176 Å². The van der Waals surface area contributed by atoms with Crippen LogP contribution in [0.15, 0.2) is 33.9 Å². The van der Waals surface area contributed by atoms with Crippen molar-refractivity contribution in [3.05, 3.63) is 35.7 Å². The molecule has 0 unspecified atom stereocenters. The van der Waals surface area contributed by atoms with Gasteiger partial charge in [0.25, 0.3) is 5.22 Å². The SMILES string of the molecule is O=C(CSc1nnc(C23CC4CC(CC(C4)C2)C3)o1)Nc1cccc(C(F)(F)F)c1. The average Bonchev–Trinajstić information content (AvgIpc) is 3.15. The molecule has 4 saturated carbocycles. The molecule has 0 spiro atoms. The van der Waals surface area contributed by atoms with E-state index in [9.17, 15) is 18.0 Å². The molecule has 0 aliphatic heterocycles. The van der Waals surface area contributed by atoms with Crippen LogP contribution in [0.2, 0.25) is 0 Å². The van der Waals surface area contributed by atoms with Crippen molar-refractivity contribution in [2.24, 2.45) is 17.8 Å². The van der Waals surface area contributed by atoms with E-state index in [0.717, 1.165) is 60.9 Å². The molecule has 0 radical (unpaired) electrons. The van der Waals surface area contributed by atoms with Gasteiger partial charge in [0.1, 0.15) is 0 Å². The second-order valence-corrected chi connectivity index (χ2v) is 9.91. The summed E-state index contributed by atoms with van der Waals surface area (Å²) in [5.41, 5.74) is -0.693. The maximum Gasteiger partial charge on any atom is 0.416 e. The number of thioether (sulfide) groups is 1. The Kier molecular flexibility index (Phi) is 4.83. The molecule has 1 N–H and O–H groups in total. The summed E-state index contributed by atoms with van der Waals surface area (Å²) in [7, 11) is 0. The van der Waals surface area contributed by atoms with Crippen LogP contribution in [0, 0.1) is 17.8 Å². The van der Waals surface area contributed by atoms with E-state index in [-0.39, 0.29) is 16.9 Å². The molecule has 30 heavy (non-hydrogen) atoms. The van der Waals surface area contributed by atoms with Crippen molar-refractivity contribution >= 4 is 23.4 Å². The van der Waals surface area contributed by atoms with E-state index in [4.69, 9.17) is 4.42 Å². The molecule has 4 aliphatic carbocycles. The number of nitrogens with zero attached hydrogens (tertiary/aromatic N) is 2. The highest BCUT2D eigenvalue weighted by Gasteiger charge is 2.54. The zero-order chi connectivity index (χ0) is 20.9. The van der Waals surface area contributed by atoms with Gasteiger partial charge >= 0.3 is 6.18 Å². The fraction of sp³-hybridized carbons (Fsp3) is 0.571. The van der Waals surface area contributed by atoms with E-state index in [0.29, 0.717) is 11.1 Å². The molecule has 0 saturated heterocycles. The minimum absolute atomic E-state index is 0.000847. The normalized spacial score (nSPS) is 29.9. The number of halogens is 3. The maximum absolute atomic E-state index is 12.8. The standard InChI is InChI=1S/C21H22F3N3O2S/c22-21(23,24)15-2-1-3-16(7-15)25-17(28)11-30-19-27-26-18(29-19)20-8-12-4-13(9-20)6-14(5-12)10-20/h1-3,7,12-14H,4-6,8-11H2,(H,25,28). The minimum atomic E-state index is -4.45. The van der Waals surface area contributed by atoms with Crippen molar-refractivity contribution < 1.29 is 22.4 Å². The van der Waals surface area contributed by atoms with Gasteiger partial charge in [0.05, 0.1) is 11.3 Å². The summed E-state index contributed by atoms with van der Waals surface area (Å²) < 4.78 is 44.3. The fourth-order valence-electron chi connectivity index (χ4n) is 5.95. The molecule has 6 rings (SSSR count). The molecule has 160 valence electrons. The van der Waals surface area contributed by atoms with E-state index in [2.05, 4.69) is 15.5 Å². The summed E-state index contributed by atoms with van der Waals surface area (Å²) in [6.45, 7) is 0. The second-order valence-electron chi connectivity index (χ2n) is 8.99. The Morgan fingerprint density at radius 1 is 1.13 bits per heavy atom. The highest BCUT2D eigenvalue weighted by Crippen LogP contribution is 2.60. The molecule has 9 heteroatoms. The van der Waals surface area contributed by atoms with E-state index < -0.39 is 17.6 Å². The number of hydrogen-bond acceptors (Lipinski definition) is 5. The summed E-state index contributed by atoms with van der Waals surface area (Å²) in [5.74, 6) is 2.54. The van der Waals surface area contributed by atoms with Crippen LogP contribution in [-0.4, -0.2) is 21.9 Å². The van der Waals surface area contributed by atoms with Gasteiger partial charge in [0.15, 0.2) is 0 Å². The Morgan fingerprint density at radius 2 is 1.80 bits per heavy atom. The number of carbonyl (C=O) groups excluding carboxylic acids is 1. The number of rotatable bonds is 5. The molecule has 1 aromatic carbocycles. The molecular weight excluding hydrogens is 415 g/mol. The Morgan fingerprint density at radius 3 is 2.43 bits per heavy atom. The lowest BCUT2D eigenvalue weighted by Crippen LogP contribution is -2.48. The largest absolute Gasteiger partial charge is 0.416 e. The van der Waals surface area contributed by atoms with Gasteiger partial charge in [-0.25, -0.2) is 0 Å². The lowest BCUT2D eigenvalue weighted by atomic mass is 9.49. The summed E-state index contributed by atoms with van der Waals surface area (Å²) in [6, 6.07) is 4.58. The second kappa shape index (κ2) is 7.28. The van der Waals surface area contributed by atoms with Crippen molar-refractivity contribution in [2.75, 3.05) is 11.1 Å². The zero-order valence-corrected chi connectivity index (χ0v) is 17.1. The quantitative estimate of drug-likeness (QED) is 0.644. The van der Waals surface area contributed by atoms with Crippen molar-refractivity contribution in [3.8, 4) is 0 Å². The van der Waals surface area contributed by atoms with Gasteiger partial charge in [-0.3, -0.25) is 4.79 Å². The van der Waals surface area contributed by atoms with Crippen LogP contribution >= 0.6 is 11.8 Å². The predicted octanol–water partition coefficient (Wildman–Crippen LogP) is 5.29. The highest BCUT2D eigenvalue weighted by atomic mass is 32.2. The van der Waals surface area contributed by atoms with E-state index in [1.54, 1.807) is 0 Å². The molecule has 4 bridgehead atoms. The van der Waals surface area contributed by atoms with Gasteiger partial charge in [0.2, 0.25) is 11.8 Å². The molecule has 2 aromatic rings. The maximum atomic E-state index is 12.8. The third-order valence-electron chi connectivity index (χ3n) is 6.70. The van der Waals surface area contributed by atoms with Crippen LogP contribution in [0.5, 0.6) is 0 Å². The summed E-state index contributed by atoms with van der Waals surface area (Å²) in [5, 5.41) is 11.3. The van der Waals surface area contributed by atoms with Crippen molar-refractivity contribution in [1.29, 1.82) is 0 Å². The van der Waals surface area contributed by atoms with Crippen LogP contribution in [0.4, 0.5) is 18.9 Å². The first-order valence-corrected chi connectivity index (χ1v) is 11.2. The van der Waals surface area contributed by atoms with Gasteiger partial charge in [0, 0.05) is 11.1 Å². The lowest BCUT2D eigenvalue weighted by molar-refractivity contribution is -0.137. The smallest absolute Gasteiger partial charge is 0.415 e. The van der Waals surface area contributed by atoms with Gasteiger partial charge in [-0.1, -0.05) is 17.8 Å². The van der Waals surface area contributed by atoms with Crippen LogP contribution in [0.1, 0.15) is 50.0 Å². The topological polar surface area (TPSA) is 68.0 Å². The number of benzene rings is 1. The van der Waals surface area contributed by atoms with E-state index in [1.165, 1.54) is 31.4 Å². The highest BCUT2D eigenvalue weighted by molar-refractivity contribution is 7.99. The molecule has 4 fully saturated rings. The molecule has 1 heterocycles. The van der Waals surface area contributed by atoms with Crippen LogP contribution < -0.4 is 5.32 Å².